The van der Waals surface area contributed by atoms with Crippen LogP contribution in [0.25, 0.3) is 11.1 Å². The fraction of sp³-hybridized carbons (Fsp3) is 0.364. The first-order valence-electron chi connectivity index (χ1n) is 9.37. The van der Waals surface area contributed by atoms with Gasteiger partial charge in [-0.3, -0.25) is 4.90 Å². The molecule has 4 rings (SSSR count). The van der Waals surface area contributed by atoms with E-state index in [1.54, 1.807) is 0 Å². The van der Waals surface area contributed by atoms with Crippen molar-refractivity contribution >= 4 is 12.1 Å². The molecule has 1 N–H and O–H groups in total. The average Bonchev–Trinajstić information content (AvgIpc) is 3.45. The quantitative estimate of drug-likeness (QED) is 0.836. The van der Waals surface area contributed by atoms with Crippen LogP contribution in [0.5, 0.6) is 0 Å². The third-order valence-corrected chi connectivity index (χ3v) is 5.63. The van der Waals surface area contributed by atoms with Crippen LogP contribution in [0.3, 0.4) is 0 Å². The van der Waals surface area contributed by atoms with Crippen LogP contribution in [-0.4, -0.2) is 41.8 Å². The highest BCUT2D eigenvalue weighted by atomic mass is 16.6. The molecule has 0 spiro atoms. The molecule has 5 heteroatoms. The summed E-state index contributed by atoms with van der Waals surface area (Å²) in [5.41, 5.74) is 4.61. The molecule has 2 aromatic rings. The van der Waals surface area contributed by atoms with E-state index in [1.807, 2.05) is 24.3 Å². The minimum absolute atomic E-state index is 0.0264. The number of likely N-dealkylation sites (N-methyl/N-ethyl adjacent to an activating group) is 1. The number of nitrogens with zero attached hydrogens (tertiary/aromatic N) is 1. The maximum absolute atomic E-state index is 12.5. The monoisotopic (exact) mass is 365 g/mol. The molecule has 1 atom stereocenters. The summed E-state index contributed by atoms with van der Waals surface area (Å²) in [5, 5.41) is 9.46. The van der Waals surface area contributed by atoms with Crippen LogP contribution < -0.4 is 0 Å². The van der Waals surface area contributed by atoms with Crippen LogP contribution >= 0.6 is 0 Å². The van der Waals surface area contributed by atoms with Gasteiger partial charge in [0.15, 0.2) is 0 Å². The minimum atomic E-state index is -0.974. The van der Waals surface area contributed by atoms with Crippen molar-refractivity contribution in [2.45, 2.75) is 31.2 Å². The Morgan fingerprint density at radius 3 is 2.15 bits per heavy atom. The summed E-state index contributed by atoms with van der Waals surface area (Å²) in [6.45, 7) is 0.201. The molecule has 0 bridgehead atoms. The van der Waals surface area contributed by atoms with E-state index in [0.29, 0.717) is 12.3 Å². The molecule has 140 valence electrons. The number of ether oxygens (including phenoxy) is 1. The van der Waals surface area contributed by atoms with E-state index in [4.69, 9.17) is 4.74 Å². The molecule has 0 aliphatic heterocycles. The third-order valence-electron chi connectivity index (χ3n) is 5.63. The molecule has 0 saturated heterocycles. The van der Waals surface area contributed by atoms with Gasteiger partial charge in [-0.25, -0.2) is 9.59 Å². The number of fused-ring (bicyclic) bond motifs is 3. The Balaban J connectivity index is 1.48. The van der Waals surface area contributed by atoms with Gasteiger partial charge in [0.25, 0.3) is 0 Å². The summed E-state index contributed by atoms with van der Waals surface area (Å²) in [7, 11) is 1.51. The van der Waals surface area contributed by atoms with E-state index >= 15 is 0 Å². The highest BCUT2D eigenvalue weighted by molar-refractivity contribution is 5.81. The number of carbonyl (C=O) groups is 2. The number of carbonyl (C=O) groups excluding carboxylic acids is 1. The predicted molar refractivity (Wildman–Crippen MR) is 102 cm³/mol. The SMILES string of the molecule is CN(C(=O)OCC1c2ccccc2-c2ccccc21)[C@@H](CC1CC1)C(=O)O. The molecule has 1 saturated carbocycles. The van der Waals surface area contributed by atoms with Crippen molar-refractivity contribution in [2.75, 3.05) is 13.7 Å². The lowest BCUT2D eigenvalue weighted by molar-refractivity contribution is -0.142. The van der Waals surface area contributed by atoms with Crippen LogP contribution in [0, 0.1) is 5.92 Å². The number of hydrogen-bond acceptors (Lipinski definition) is 3. The molecule has 27 heavy (non-hydrogen) atoms. The van der Waals surface area contributed by atoms with Gasteiger partial charge < -0.3 is 9.84 Å². The Morgan fingerprint density at radius 1 is 1.07 bits per heavy atom. The van der Waals surface area contributed by atoms with Gasteiger partial charge in [0, 0.05) is 13.0 Å². The number of carboxylic acids is 1. The molecule has 5 nitrogen and oxygen atoms in total. The fourth-order valence-electron chi connectivity index (χ4n) is 3.92. The number of amides is 1. The summed E-state index contributed by atoms with van der Waals surface area (Å²) >= 11 is 0. The van der Waals surface area contributed by atoms with E-state index in [-0.39, 0.29) is 12.5 Å². The van der Waals surface area contributed by atoms with Crippen molar-refractivity contribution in [2.24, 2.45) is 5.92 Å². The average molecular weight is 365 g/mol. The number of hydrogen-bond donors (Lipinski definition) is 1. The first-order chi connectivity index (χ1) is 13.1. The first kappa shape index (κ1) is 17.6. The van der Waals surface area contributed by atoms with Crippen molar-refractivity contribution in [3.05, 3.63) is 59.7 Å². The van der Waals surface area contributed by atoms with Crippen molar-refractivity contribution in [3.8, 4) is 11.1 Å². The van der Waals surface area contributed by atoms with Crippen molar-refractivity contribution in [3.63, 3.8) is 0 Å². The highest BCUT2D eigenvalue weighted by Gasteiger charge is 2.35. The van der Waals surface area contributed by atoms with Gasteiger partial charge in [-0.1, -0.05) is 61.4 Å². The third kappa shape index (κ3) is 3.42. The summed E-state index contributed by atoms with van der Waals surface area (Å²) in [4.78, 5) is 25.3. The Kier molecular flexibility index (Phi) is 4.60. The van der Waals surface area contributed by atoms with E-state index < -0.39 is 18.1 Å². The molecule has 1 amide bonds. The van der Waals surface area contributed by atoms with Gasteiger partial charge in [-0.2, -0.15) is 0 Å². The van der Waals surface area contributed by atoms with Gasteiger partial charge in [0.1, 0.15) is 12.6 Å². The standard InChI is InChI=1S/C22H23NO4/c1-23(20(21(24)25)12-14-10-11-14)22(26)27-13-19-17-8-4-2-6-15(17)16-7-3-5-9-18(16)19/h2-9,14,19-20H,10-13H2,1H3,(H,24,25)/t20-/m0/s1. The summed E-state index contributed by atoms with van der Waals surface area (Å²) in [5.74, 6) is -0.589. The fourth-order valence-corrected chi connectivity index (χ4v) is 3.92. The lowest BCUT2D eigenvalue weighted by Crippen LogP contribution is -2.43. The second-order valence-corrected chi connectivity index (χ2v) is 7.45. The number of benzene rings is 2. The maximum atomic E-state index is 12.5. The second kappa shape index (κ2) is 7.06. The number of carboxylic acid groups (broad SMARTS) is 1. The Bertz CT molecular complexity index is 829. The molecular weight excluding hydrogens is 342 g/mol. The Hall–Kier alpha value is -2.82. The lowest BCUT2D eigenvalue weighted by Gasteiger charge is -2.25. The first-order valence-corrected chi connectivity index (χ1v) is 9.37. The minimum Gasteiger partial charge on any atom is -0.480 e. The molecule has 2 aromatic carbocycles. The second-order valence-electron chi connectivity index (χ2n) is 7.45. The summed E-state index contributed by atoms with van der Waals surface area (Å²) in [6.07, 6.45) is 2.01. The summed E-state index contributed by atoms with van der Waals surface area (Å²) in [6, 6.07) is 15.4. The molecule has 2 aliphatic rings. The van der Waals surface area contributed by atoms with Gasteiger partial charge in [-0.05, 0) is 34.6 Å². The zero-order valence-corrected chi connectivity index (χ0v) is 15.3. The van der Waals surface area contributed by atoms with Crippen LogP contribution in [0.2, 0.25) is 0 Å². The molecule has 0 unspecified atom stereocenters. The maximum Gasteiger partial charge on any atom is 0.410 e. The molecule has 0 heterocycles. The number of aliphatic carboxylic acids is 1. The Labute approximate surface area is 158 Å². The van der Waals surface area contributed by atoms with Crippen molar-refractivity contribution in [1.29, 1.82) is 0 Å². The van der Waals surface area contributed by atoms with Gasteiger partial charge >= 0.3 is 12.1 Å². The smallest absolute Gasteiger partial charge is 0.410 e. The van der Waals surface area contributed by atoms with Crippen molar-refractivity contribution < 1.29 is 19.4 Å². The lowest BCUT2D eigenvalue weighted by atomic mass is 9.98. The van der Waals surface area contributed by atoms with Crippen LogP contribution in [0.15, 0.2) is 48.5 Å². The largest absolute Gasteiger partial charge is 0.480 e. The normalized spacial score (nSPS) is 16.3. The predicted octanol–water partition coefficient (Wildman–Crippen LogP) is 4.12. The summed E-state index contributed by atoms with van der Waals surface area (Å²) < 4.78 is 5.56. The highest BCUT2D eigenvalue weighted by Crippen LogP contribution is 2.44. The topological polar surface area (TPSA) is 66.8 Å². The Morgan fingerprint density at radius 2 is 1.63 bits per heavy atom. The van der Waals surface area contributed by atoms with Gasteiger partial charge in [-0.15, -0.1) is 0 Å². The zero-order valence-electron chi connectivity index (χ0n) is 15.3. The molecule has 1 fully saturated rings. The van der Waals surface area contributed by atoms with Crippen LogP contribution in [0.1, 0.15) is 36.3 Å². The van der Waals surface area contributed by atoms with Crippen LogP contribution in [-0.2, 0) is 9.53 Å². The molecule has 0 radical (unpaired) electrons. The van der Waals surface area contributed by atoms with E-state index in [0.717, 1.165) is 24.0 Å². The van der Waals surface area contributed by atoms with Crippen molar-refractivity contribution in [1.82, 2.24) is 4.90 Å². The molecule has 2 aliphatic carbocycles. The van der Waals surface area contributed by atoms with E-state index in [9.17, 15) is 14.7 Å². The zero-order chi connectivity index (χ0) is 19.0. The van der Waals surface area contributed by atoms with Crippen LogP contribution in [0.4, 0.5) is 4.79 Å². The number of rotatable bonds is 6. The molecular formula is C22H23NO4. The van der Waals surface area contributed by atoms with Gasteiger partial charge in [0.05, 0.1) is 0 Å². The van der Waals surface area contributed by atoms with E-state index in [1.165, 1.54) is 23.1 Å². The molecule has 0 aromatic heterocycles. The van der Waals surface area contributed by atoms with Gasteiger partial charge in [0.2, 0.25) is 0 Å². The van der Waals surface area contributed by atoms with E-state index in [2.05, 4.69) is 24.3 Å².